The highest BCUT2D eigenvalue weighted by Gasteiger charge is 2.25. The summed E-state index contributed by atoms with van der Waals surface area (Å²) in [5.41, 5.74) is 0.826. The standard InChI is InChI=1S/C25H20N2O7/c1-31-20-8-5-9-21(16-20)32-12-13-33-23-11-10-19(27(29)30)14-18(23)15-22-25(28)34-24(26-22)17-6-3-2-4-7-17/h2-11,14-16H,12-13H2,1H3/b22-15-. The third-order valence-electron chi connectivity index (χ3n) is 4.79. The molecule has 0 amide bonds. The molecule has 9 nitrogen and oxygen atoms in total. The SMILES string of the molecule is COc1cccc(OCCOc2ccc([N+](=O)[O-])cc2/C=C2\N=C(c3ccccc3)OC2=O)c1. The Morgan fingerprint density at radius 3 is 2.50 bits per heavy atom. The number of carbonyl (C=O) groups excluding carboxylic acids is 1. The summed E-state index contributed by atoms with van der Waals surface area (Å²) in [6.45, 7) is 0.382. The van der Waals surface area contributed by atoms with Crippen LogP contribution >= 0.6 is 0 Å². The Balaban J connectivity index is 1.52. The highest BCUT2D eigenvalue weighted by molar-refractivity contribution is 6.12. The van der Waals surface area contributed by atoms with Gasteiger partial charge in [-0.05, 0) is 36.4 Å². The van der Waals surface area contributed by atoms with Crippen molar-refractivity contribution in [3.05, 3.63) is 99.7 Å². The van der Waals surface area contributed by atoms with Gasteiger partial charge in [0.2, 0.25) is 5.90 Å². The lowest BCUT2D eigenvalue weighted by atomic mass is 10.1. The molecular formula is C25H20N2O7. The Labute approximate surface area is 195 Å². The molecule has 9 heteroatoms. The Morgan fingerprint density at radius 1 is 0.971 bits per heavy atom. The summed E-state index contributed by atoms with van der Waals surface area (Å²) in [4.78, 5) is 27.3. The number of rotatable bonds is 9. The second kappa shape index (κ2) is 10.3. The van der Waals surface area contributed by atoms with Gasteiger partial charge in [0.1, 0.15) is 30.5 Å². The molecule has 1 heterocycles. The van der Waals surface area contributed by atoms with E-state index < -0.39 is 10.9 Å². The van der Waals surface area contributed by atoms with Crippen molar-refractivity contribution in [1.82, 2.24) is 0 Å². The number of methoxy groups -OCH3 is 1. The first-order valence-electron chi connectivity index (χ1n) is 10.3. The number of carbonyl (C=O) groups is 1. The van der Waals surface area contributed by atoms with Crippen LogP contribution in [0, 0.1) is 10.1 Å². The third-order valence-corrected chi connectivity index (χ3v) is 4.79. The maximum Gasteiger partial charge on any atom is 0.363 e. The molecule has 0 unspecified atom stereocenters. The molecule has 3 aromatic carbocycles. The molecule has 0 aliphatic carbocycles. The number of esters is 1. The second-order valence-electron chi connectivity index (χ2n) is 7.06. The van der Waals surface area contributed by atoms with Gasteiger partial charge in [-0.1, -0.05) is 24.3 Å². The molecule has 0 spiro atoms. The fourth-order valence-corrected chi connectivity index (χ4v) is 3.16. The fourth-order valence-electron chi connectivity index (χ4n) is 3.16. The van der Waals surface area contributed by atoms with Crippen molar-refractivity contribution < 1.29 is 28.7 Å². The zero-order chi connectivity index (χ0) is 23.9. The molecule has 1 aliphatic heterocycles. The van der Waals surface area contributed by atoms with Crippen molar-refractivity contribution in [3.63, 3.8) is 0 Å². The van der Waals surface area contributed by atoms with Crippen LogP contribution in [0.5, 0.6) is 17.2 Å². The van der Waals surface area contributed by atoms with Crippen LogP contribution in [0.1, 0.15) is 11.1 Å². The normalized spacial score (nSPS) is 13.9. The van der Waals surface area contributed by atoms with E-state index in [4.69, 9.17) is 18.9 Å². The van der Waals surface area contributed by atoms with Gasteiger partial charge in [0, 0.05) is 29.3 Å². The molecule has 0 saturated carbocycles. The fraction of sp³-hybridized carbons (Fsp3) is 0.120. The van der Waals surface area contributed by atoms with E-state index >= 15 is 0 Å². The maximum absolute atomic E-state index is 12.4. The van der Waals surface area contributed by atoms with E-state index in [9.17, 15) is 14.9 Å². The van der Waals surface area contributed by atoms with E-state index in [-0.39, 0.29) is 30.5 Å². The van der Waals surface area contributed by atoms with Gasteiger partial charge in [-0.25, -0.2) is 9.79 Å². The average molecular weight is 460 g/mol. The summed E-state index contributed by atoms with van der Waals surface area (Å²) in [7, 11) is 1.57. The van der Waals surface area contributed by atoms with Gasteiger partial charge in [-0.3, -0.25) is 10.1 Å². The van der Waals surface area contributed by atoms with Gasteiger partial charge >= 0.3 is 5.97 Å². The van der Waals surface area contributed by atoms with Gasteiger partial charge in [-0.2, -0.15) is 0 Å². The summed E-state index contributed by atoms with van der Waals surface area (Å²) in [5.74, 6) is 1.13. The summed E-state index contributed by atoms with van der Waals surface area (Å²) in [6, 6.07) is 20.2. The van der Waals surface area contributed by atoms with Crippen molar-refractivity contribution in [1.29, 1.82) is 0 Å². The Kier molecular flexibility index (Phi) is 6.83. The van der Waals surface area contributed by atoms with Crippen LogP contribution in [0.2, 0.25) is 0 Å². The summed E-state index contributed by atoms with van der Waals surface area (Å²) in [6.07, 6.45) is 1.41. The molecule has 0 aromatic heterocycles. The van der Waals surface area contributed by atoms with E-state index in [0.717, 1.165) is 0 Å². The minimum Gasteiger partial charge on any atom is -0.497 e. The lowest BCUT2D eigenvalue weighted by Gasteiger charge is -2.11. The quantitative estimate of drug-likeness (QED) is 0.153. The summed E-state index contributed by atoms with van der Waals surface area (Å²) in [5, 5.41) is 11.3. The Bertz CT molecular complexity index is 1270. The number of non-ortho nitro benzene ring substituents is 1. The lowest BCUT2D eigenvalue weighted by molar-refractivity contribution is -0.384. The van der Waals surface area contributed by atoms with Gasteiger partial charge in [-0.15, -0.1) is 0 Å². The number of nitro benzene ring substituents is 1. The van der Waals surface area contributed by atoms with Crippen LogP contribution in [0.25, 0.3) is 6.08 Å². The van der Waals surface area contributed by atoms with E-state index in [2.05, 4.69) is 4.99 Å². The Morgan fingerprint density at radius 2 is 1.74 bits per heavy atom. The van der Waals surface area contributed by atoms with Crippen molar-refractivity contribution in [3.8, 4) is 17.2 Å². The van der Waals surface area contributed by atoms with E-state index in [1.54, 1.807) is 55.6 Å². The predicted octanol–water partition coefficient (Wildman–Crippen LogP) is 4.41. The molecule has 0 bridgehead atoms. The van der Waals surface area contributed by atoms with E-state index in [0.29, 0.717) is 28.4 Å². The minimum absolute atomic E-state index is 0.0110. The largest absolute Gasteiger partial charge is 0.497 e. The summed E-state index contributed by atoms with van der Waals surface area (Å²) >= 11 is 0. The van der Waals surface area contributed by atoms with Crippen molar-refractivity contribution in [2.75, 3.05) is 20.3 Å². The number of ether oxygens (including phenoxy) is 4. The first-order valence-corrected chi connectivity index (χ1v) is 10.3. The molecule has 0 saturated heterocycles. The Hall–Kier alpha value is -4.66. The van der Waals surface area contributed by atoms with Crippen molar-refractivity contribution >= 4 is 23.6 Å². The number of hydrogen-bond acceptors (Lipinski definition) is 8. The highest BCUT2D eigenvalue weighted by atomic mass is 16.6. The van der Waals surface area contributed by atoms with Crippen molar-refractivity contribution in [2.45, 2.75) is 0 Å². The molecule has 0 atom stereocenters. The van der Waals surface area contributed by atoms with Gasteiger partial charge in [0.05, 0.1) is 12.0 Å². The molecule has 3 aromatic rings. The zero-order valence-corrected chi connectivity index (χ0v) is 18.2. The molecule has 4 rings (SSSR count). The zero-order valence-electron chi connectivity index (χ0n) is 18.2. The molecule has 172 valence electrons. The van der Waals surface area contributed by atoms with E-state index in [1.807, 2.05) is 6.07 Å². The van der Waals surface area contributed by atoms with Gasteiger partial charge < -0.3 is 18.9 Å². The third kappa shape index (κ3) is 5.39. The smallest absolute Gasteiger partial charge is 0.363 e. The molecule has 0 N–H and O–H groups in total. The predicted molar refractivity (Wildman–Crippen MR) is 124 cm³/mol. The molecule has 0 fully saturated rings. The van der Waals surface area contributed by atoms with Gasteiger partial charge in [0.15, 0.2) is 5.70 Å². The van der Waals surface area contributed by atoms with Gasteiger partial charge in [0.25, 0.3) is 5.69 Å². The van der Waals surface area contributed by atoms with Crippen LogP contribution < -0.4 is 14.2 Å². The second-order valence-corrected chi connectivity index (χ2v) is 7.06. The van der Waals surface area contributed by atoms with Crippen LogP contribution in [0.3, 0.4) is 0 Å². The van der Waals surface area contributed by atoms with Crippen LogP contribution in [-0.4, -0.2) is 37.1 Å². The molecular weight excluding hydrogens is 440 g/mol. The number of nitro groups is 1. The van der Waals surface area contributed by atoms with Crippen molar-refractivity contribution in [2.24, 2.45) is 4.99 Å². The number of aliphatic imine (C=N–C) groups is 1. The van der Waals surface area contributed by atoms with Crippen LogP contribution in [0.4, 0.5) is 5.69 Å². The molecule has 34 heavy (non-hydrogen) atoms. The minimum atomic E-state index is -0.655. The molecule has 0 radical (unpaired) electrons. The highest BCUT2D eigenvalue weighted by Crippen LogP contribution is 2.29. The van der Waals surface area contributed by atoms with Crippen LogP contribution in [0.15, 0.2) is 83.5 Å². The first kappa shape index (κ1) is 22.5. The topological polar surface area (TPSA) is 109 Å². The number of cyclic esters (lactones) is 1. The summed E-state index contributed by atoms with van der Waals surface area (Å²) < 4.78 is 21.9. The average Bonchev–Trinajstić information content (AvgIpc) is 3.23. The first-order chi connectivity index (χ1) is 16.5. The van der Waals surface area contributed by atoms with E-state index in [1.165, 1.54) is 24.3 Å². The molecule has 1 aliphatic rings. The number of hydrogen-bond donors (Lipinski definition) is 0. The van der Waals surface area contributed by atoms with Crippen LogP contribution in [-0.2, 0) is 9.53 Å². The number of benzene rings is 3. The monoisotopic (exact) mass is 460 g/mol. The maximum atomic E-state index is 12.4. The number of nitrogens with zero attached hydrogens (tertiary/aromatic N) is 2. The lowest BCUT2D eigenvalue weighted by Crippen LogP contribution is -2.10.